The molecule has 2 N–H and O–H groups in total. The summed E-state index contributed by atoms with van der Waals surface area (Å²) in [5, 5.41) is 10.5. The molecule has 0 saturated carbocycles. The van der Waals surface area contributed by atoms with Gasteiger partial charge >= 0.3 is 0 Å². The molecule has 0 bridgehead atoms. The van der Waals surface area contributed by atoms with Gasteiger partial charge in [-0.25, -0.2) is 0 Å². The van der Waals surface area contributed by atoms with Crippen LogP contribution in [0.4, 0.5) is 0 Å². The molecule has 0 aliphatic rings. The zero-order valence-corrected chi connectivity index (χ0v) is 19.1. The lowest BCUT2D eigenvalue weighted by Gasteiger charge is -2.21. The Balaban J connectivity index is 1.62. The lowest BCUT2D eigenvalue weighted by Crippen LogP contribution is -2.33. The van der Waals surface area contributed by atoms with Crippen molar-refractivity contribution in [2.24, 2.45) is 0 Å². The van der Waals surface area contributed by atoms with Crippen molar-refractivity contribution in [3.05, 3.63) is 69.5 Å². The number of aromatic nitrogens is 3. The molecule has 9 heteroatoms. The maximum Gasteiger partial charge on any atom is 0.253 e. The molecule has 31 heavy (non-hydrogen) atoms. The highest BCUT2D eigenvalue weighted by molar-refractivity contribution is 7.71. The Kier molecular flexibility index (Phi) is 7.25. The molecule has 3 aromatic rings. The number of carbonyl (C=O) groups excluding carboxylic acids is 2. The van der Waals surface area contributed by atoms with Gasteiger partial charge in [0.1, 0.15) is 6.54 Å². The summed E-state index contributed by atoms with van der Waals surface area (Å²) < 4.78 is 1.99. The number of aromatic amines is 1. The van der Waals surface area contributed by atoms with Crippen LogP contribution in [-0.4, -0.2) is 44.6 Å². The Hall–Kier alpha value is -2.97. The number of nitrogens with one attached hydrogen (secondary N) is 2. The second kappa shape index (κ2) is 9.89. The maximum absolute atomic E-state index is 12.5. The zero-order chi connectivity index (χ0) is 22.5. The fourth-order valence-corrected chi connectivity index (χ4v) is 3.21. The van der Waals surface area contributed by atoms with Gasteiger partial charge in [-0.2, -0.15) is 5.10 Å². The summed E-state index contributed by atoms with van der Waals surface area (Å²) in [5.74, 6) is 0.330. The molecule has 162 valence electrons. The molecule has 0 spiro atoms. The monoisotopic (exact) mass is 457 g/mol. The van der Waals surface area contributed by atoms with Crippen molar-refractivity contribution in [2.45, 2.75) is 33.0 Å². The average Bonchev–Trinajstić information content (AvgIpc) is 3.12. The van der Waals surface area contributed by atoms with Crippen LogP contribution in [0.15, 0.2) is 48.5 Å². The van der Waals surface area contributed by atoms with Gasteiger partial charge in [-0.15, -0.1) is 0 Å². The van der Waals surface area contributed by atoms with Crippen LogP contribution in [0.25, 0.3) is 11.4 Å². The van der Waals surface area contributed by atoms with Gasteiger partial charge in [-0.05, 0) is 68.0 Å². The van der Waals surface area contributed by atoms with E-state index in [0.29, 0.717) is 27.7 Å². The van der Waals surface area contributed by atoms with E-state index in [1.165, 1.54) is 0 Å². The van der Waals surface area contributed by atoms with Crippen molar-refractivity contribution >= 4 is 35.6 Å². The van der Waals surface area contributed by atoms with E-state index in [4.69, 9.17) is 23.8 Å². The first kappa shape index (κ1) is 22.7. The molecule has 0 atom stereocenters. The second-order valence-electron chi connectivity index (χ2n) is 7.43. The number of hydrogen-bond acceptors (Lipinski definition) is 4. The van der Waals surface area contributed by atoms with E-state index >= 15 is 0 Å². The first-order valence-electron chi connectivity index (χ1n) is 9.80. The molecule has 0 unspecified atom stereocenters. The van der Waals surface area contributed by atoms with Crippen LogP contribution in [-0.2, 0) is 17.9 Å². The normalized spacial score (nSPS) is 10.9. The minimum absolute atomic E-state index is 0.0308. The molecule has 0 saturated heterocycles. The van der Waals surface area contributed by atoms with E-state index < -0.39 is 0 Å². The number of halogens is 1. The first-order chi connectivity index (χ1) is 14.8. The SMILES string of the molecule is CC(C)N(C)C(=O)c1ccc(CNC(=O)Cn2c(-c3ccc(Cl)cc3)n[nH]c2=S)cc1. The number of benzene rings is 2. The minimum Gasteiger partial charge on any atom is -0.350 e. The third-order valence-electron chi connectivity index (χ3n) is 4.95. The summed E-state index contributed by atoms with van der Waals surface area (Å²) in [6.07, 6.45) is 0. The molecule has 2 amide bonds. The first-order valence-corrected chi connectivity index (χ1v) is 10.6. The Labute approximate surface area is 191 Å². The standard InChI is InChI=1S/C22H24ClN5O2S/c1-14(2)27(3)21(30)17-6-4-15(5-7-17)12-24-19(29)13-28-20(25-26-22(28)31)16-8-10-18(23)11-9-16/h4-11,14H,12-13H2,1-3H3,(H,24,29)(H,26,31). The van der Waals surface area contributed by atoms with Gasteiger partial charge in [0.15, 0.2) is 10.6 Å². The maximum atomic E-state index is 12.5. The Bertz CT molecular complexity index is 1120. The molecule has 0 fully saturated rings. The van der Waals surface area contributed by atoms with Crippen molar-refractivity contribution in [2.75, 3.05) is 7.05 Å². The van der Waals surface area contributed by atoms with E-state index in [1.807, 2.05) is 38.1 Å². The molecule has 1 heterocycles. The summed E-state index contributed by atoms with van der Waals surface area (Å²) in [5.41, 5.74) is 2.31. The Morgan fingerprint density at radius 3 is 2.42 bits per heavy atom. The van der Waals surface area contributed by atoms with E-state index in [2.05, 4.69) is 15.5 Å². The molecule has 1 aromatic heterocycles. The Morgan fingerprint density at radius 2 is 1.81 bits per heavy atom. The molecule has 0 aliphatic heterocycles. The molecule has 0 radical (unpaired) electrons. The topological polar surface area (TPSA) is 83.0 Å². The summed E-state index contributed by atoms with van der Waals surface area (Å²) >= 11 is 11.2. The van der Waals surface area contributed by atoms with Crippen molar-refractivity contribution in [1.29, 1.82) is 0 Å². The number of H-pyrrole nitrogens is 1. The third kappa shape index (κ3) is 5.59. The van der Waals surface area contributed by atoms with Gasteiger partial charge in [0, 0.05) is 35.8 Å². The average molecular weight is 458 g/mol. The van der Waals surface area contributed by atoms with Crippen molar-refractivity contribution in [3.8, 4) is 11.4 Å². The van der Waals surface area contributed by atoms with Crippen molar-refractivity contribution < 1.29 is 9.59 Å². The lowest BCUT2D eigenvalue weighted by atomic mass is 10.1. The smallest absolute Gasteiger partial charge is 0.253 e. The van der Waals surface area contributed by atoms with Crippen LogP contribution in [0.1, 0.15) is 29.8 Å². The van der Waals surface area contributed by atoms with Gasteiger partial charge < -0.3 is 10.2 Å². The van der Waals surface area contributed by atoms with E-state index in [9.17, 15) is 9.59 Å². The summed E-state index contributed by atoms with van der Waals surface area (Å²) in [6, 6.07) is 14.5. The largest absolute Gasteiger partial charge is 0.350 e. The van der Waals surface area contributed by atoms with Crippen molar-refractivity contribution in [3.63, 3.8) is 0 Å². The van der Waals surface area contributed by atoms with Crippen LogP contribution in [0.5, 0.6) is 0 Å². The van der Waals surface area contributed by atoms with Crippen molar-refractivity contribution in [1.82, 2.24) is 25.0 Å². The number of rotatable bonds is 7. The molecule has 0 aliphatic carbocycles. The number of amides is 2. The molecule has 7 nitrogen and oxygen atoms in total. The number of carbonyl (C=O) groups is 2. The highest BCUT2D eigenvalue weighted by Gasteiger charge is 2.15. The zero-order valence-electron chi connectivity index (χ0n) is 17.6. The fraction of sp³-hybridized carbons (Fsp3) is 0.273. The fourth-order valence-electron chi connectivity index (χ4n) is 2.89. The van der Waals surface area contributed by atoms with E-state index in [-0.39, 0.29) is 24.4 Å². The summed E-state index contributed by atoms with van der Waals surface area (Å²) in [7, 11) is 1.78. The van der Waals surface area contributed by atoms with E-state index in [0.717, 1.165) is 11.1 Å². The quantitative estimate of drug-likeness (QED) is 0.524. The van der Waals surface area contributed by atoms with Crippen LogP contribution >= 0.6 is 23.8 Å². The predicted octanol–water partition coefficient (Wildman–Crippen LogP) is 4.06. The molecular formula is C22H24ClN5O2S. The third-order valence-corrected chi connectivity index (χ3v) is 5.51. The summed E-state index contributed by atoms with van der Waals surface area (Å²) in [6.45, 7) is 4.30. The van der Waals surface area contributed by atoms with Crippen LogP contribution in [0.2, 0.25) is 5.02 Å². The van der Waals surface area contributed by atoms with Gasteiger partial charge in [-0.3, -0.25) is 19.3 Å². The molecule has 2 aromatic carbocycles. The van der Waals surface area contributed by atoms with Crippen LogP contribution in [0.3, 0.4) is 0 Å². The Morgan fingerprint density at radius 1 is 1.16 bits per heavy atom. The number of nitrogens with zero attached hydrogens (tertiary/aromatic N) is 3. The van der Waals surface area contributed by atoms with Gasteiger partial charge in [0.25, 0.3) is 5.91 Å². The van der Waals surface area contributed by atoms with Crippen LogP contribution < -0.4 is 5.32 Å². The molecule has 3 rings (SSSR count). The second-order valence-corrected chi connectivity index (χ2v) is 8.25. The van der Waals surface area contributed by atoms with Gasteiger partial charge in [-0.1, -0.05) is 23.7 Å². The minimum atomic E-state index is -0.201. The highest BCUT2D eigenvalue weighted by Crippen LogP contribution is 2.20. The van der Waals surface area contributed by atoms with Crippen LogP contribution in [0, 0.1) is 4.77 Å². The van der Waals surface area contributed by atoms with Gasteiger partial charge in [0.2, 0.25) is 5.91 Å². The lowest BCUT2D eigenvalue weighted by molar-refractivity contribution is -0.121. The van der Waals surface area contributed by atoms with E-state index in [1.54, 1.807) is 40.8 Å². The highest BCUT2D eigenvalue weighted by atomic mass is 35.5. The number of hydrogen-bond donors (Lipinski definition) is 2. The summed E-state index contributed by atoms with van der Waals surface area (Å²) in [4.78, 5) is 26.6. The molecular weight excluding hydrogens is 434 g/mol. The van der Waals surface area contributed by atoms with Gasteiger partial charge in [0.05, 0.1) is 0 Å². The predicted molar refractivity (Wildman–Crippen MR) is 123 cm³/mol.